The first kappa shape index (κ1) is 16.4. The lowest BCUT2D eigenvalue weighted by Crippen LogP contribution is -2.41. The van der Waals surface area contributed by atoms with Crippen molar-refractivity contribution in [3.8, 4) is 0 Å². The van der Waals surface area contributed by atoms with Crippen molar-refractivity contribution >= 4 is 34.4 Å². The molecule has 0 fully saturated rings. The van der Waals surface area contributed by atoms with Gasteiger partial charge in [0.1, 0.15) is 12.1 Å². The van der Waals surface area contributed by atoms with Crippen molar-refractivity contribution < 1.29 is 18.7 Å². The van der Waals surface area contributed by atoms with E-state index in [1.807, 2.05) is 13.8 Å². The number of hydrogen-bond acceptors (Lipinski definition) is 4. The third-order valence-electron chi connectivity index (χ3n) is 3.50. The molecule has 0 aliphatic rings. The highest BCUT2D eigenvalue weighted by atomic mass is 35.5. The molecule has 0 bridgehead atoms. The van der Waals surface area contributed by atoms with E-state index in [1.54, 1.807) is 25.1 Å². The van der Waals surface area contributed by atoms with E-state index >= 15 is 0 Å². The van der Waals surface area contributed by atoms with Crippen molar-refractivity contribution in [1.29, 1.82) is 0 Å². The first-order valence-electron chi connectivity index (χ1n) is 6.91. The van der Waals surface area contributed by atoms with Gasteiger partial charge in [0.25, 0.3) is 5.91 Å². The van der Waals surface area contributed by atoms with Crippen molar-refractivity contribution in [2.45, 2.75) is 26.8 Å². The van der Waals surface area contributed by atoms with Gasteiger partial charge in [0, 0.05) is 22.0 Å². The fourth-order valence-electron chi connectivity index (χ4n) is 2.22. The summed E-state index contributed by atoms with van der Waals surface area (Å²) in [5.74, 6) is -0.598. The Labute approximate surface area is 133 Å². The maximum Gasteiger partial charge on any atom is 0.325 e. The molecule has 118 valence electrons. The number of ether oxygens (including phenoxy) is 1. The summed E-state index contributed by atoms with van der Waals surface area (Å²) in [5.41, 5.74) is 1.30. The third-order valence-corrected chi connectivity index (χ3v) is 3.74. The van der Waals surface area contributed by atoms with Crippen LogP contribution in [0.25, 0.3) is 11.0 Å². The number of nitrogens with zero attached hydrogens (tertiary/aromatic N) is 1. The van der Waals surface area contributed by atoms with Gasteiger partial charge in [-0.2, -0.15) is 0 Å². The quantitative estimate of drug-likeness (QED) is 0.809. The Bertz CT molecular complexity index is 720. The molecule has 1 amide bonds. The average molecular weight is 324 g/mol. The molecule has 0 unspecified atom stereocenters. The Morgan fingerprint density at radius 3 is 2.64 bits per heavy atom. The van der Waals surface area contributed by atoms with Crippen molar-refractivity contribution in [2.24, 2.45) is 0 Å². The number of carbonyl (C=O) groups excluding carboxylic acids is 2. The number of esters is 1. The standard InChI is InChI=1S/C16H18ClNO4/c1-9(2)18(8-14(19)21-4)16(20)15-10(3)12-7-11(17)5-6-13(12)22-15/h5-7,9H,8H2,1-4H3. The van der Waals surface area contributed by atoms with Crippen LogP contribution in [-0.4, -0.2) is 36.5 Å². The molecule has 0 saturated carbocycles. The molecule has 5 nitrogen and oxygen atoms in total. The van der Waals surface area contributed by atoms with Crippen LogP contribution in [0.1, 0.15) is 30.0 Å². The summed E-state index contributed by atoms with van der Waals surface area (Å²) in [6.45, 7) is 5.33. The molecule has 0 saturated heterocycles. The van der Waals surface area contributed by atoms with E-state index in [9.17, 15) is 9.59 Å². The highest BCUT2D eigenvalue weighted by Gasteiger charge is 2.27. The highest BCUT2D eigenvalue weighted by molar-refractivity contribution is 6.31. The van der Waals surface area contributed by atoms with E-state index in [2.05, 4.69) is 4.74 Å². The van der Waals surface area contributed by atoms with E-state index in [0.717, 1.165) is 5.39 Å². The van der Waals surface area contributed by atoms with Gasteiger partial charge in [0.2, 0.25) is 0 Å². The summed E-state index contributed by atoms with van der Waals surface area (Å²) in [6, 6.07) is 5.02. The number of halogens is 1. The molecule has 2 aromatic rings. The lowest BCUT2D eigenvalue weighted by atomic mass is 10.1. The molecule has 0 aliphatic carbocycles. The minimum absolute atomic E-state index is 0.121. The second-order valence-corrected chi connectivity index (χ2v) is 5.74. The topological polar surface area (TPSA) is 59.8 Å². The van der Waals surface area contributed by atoms with Crippen molar-refractivity contribution in [2.75, 3.05) is 13.7 Å². The number of amides is 1. The van der Waals surface area contributed by atoms with E-state index < -0.39 is 5.97 Å². The van der Waals surface area contributed by atoms with Crippen molar-refractivity contribution in [1.82, 2.24) is 4.90 Å². The van der Waals surface area contributed by atoms with E-state index in [0.29, 0.717) is 16.2 Å². The lowest BCUT2D eigenvalue weighted by molar-refractivity contribution is -0.141. The highest BCUT2D eigenvalue weighted by Crippen LogP contribution is 2.29. The van der Waals surface area contributed by atoms with Crippen molar-refractivity contribution in [3.63, 3.8) is 0 Å². The molecule has 6 heteroatoms. The van der Waals surface area contributed by atoms with Crippen molar-refractivity contribution in [3.05, 3.63) is 34.5 Å². The van der Waals surface area contributed by atoms with Crippen LogP contribution in [-0.2, 0) is 9.53 Å². The Kier molecular flexibility index (Phi) is 4.76. The number of rotatable bonds is 4. The third kappa shape index (κ3) is 3.09. The number of fused-ring (bicyclic) bond motifs is 1. The molecule has 1 aromatic carbocycles. The number of furan rings is 1. The summed E-state index contributed by atoms with van der Waals surface area (Å²) in [4.78, 5) is 25.6. The smallest absolute Gasteiger partial charge is 0.325 e. The molecule has 22 heavy (non-hydrogen) atoms. The first-order chi connectivity index (χ1) is 10.3. The molecule has 0 spiro atoms. The number of benzene rings is 1. The van der Waals surface area contributed by atoms with Gasteiger partial charge in [-0.15, -0.1) is 0 Å². The largest absolute Gasteiger partial charge is 0.468 e. The summed E-state index contributed by atoms with van der Waals surface area (Å²) < 4.78 is 10.3. The molecule has 0 aliphatic heterocycles. The number of carbonyl (C=O) groups is 2. The van der Waals surface area contributed by atoms with Gasteiger partial charge in [0.15, 0.2) is 5.76 Å². The molecule has 1 aromatic heterocycles. The van der Waals surface area contributed by atoms with E-state index in [1.165, 1.54) is 12.0 Å². The molecule has 1 heterocycles. The normalized spacial score (nSPS) is 11.0. The fourth-order valence-corrected chi connectivity index (χ4v) is 2.39. The zero-order chi connectivity index (χ0) is 16.4. The predicted molar refractivity (Wildman–Crippen MR) is 84.1 cm³/mol. The van der Waals surface area contributed by atoms with Crippen LogP contribution in [0.5, 0.6) is 0 Å². The monoisotopic (exact) mass is 323 g/mol. The SMILES string of the molecule is COC(=O)CN(C(=O)c1oc2ccc(Cl)cc2c1C)C(C)C. The zero-order valence-corrected chi connectivity index (χ0v) is 13.7. The van der Waals surface area contributed by atoms with Gasteiger partial charge in [-0.3, -0.25) is 9.59 Å². The van der Waals surface area contributed by atoms with Crippen LogP contribution in [0.4, 0.5) is 0 Å². The molecule has 2 rings (SSSR count). The van der Waals surface area contributed by atoms with Crippen LogP contribution in [0.15, 0.2) is 22.6 Å². The number of methoxy groups -OCH3 is 1. The van der Waals surface area contributed by atoms with Gasteiger partial charge < -0.3 is 14.1 Å². The van der Waals surface area contributed by atoms with Gasteiger partial charge in [0.05, 0.1) is 7.11 Å². The maximum absolute atomic E-state index is 12.7. The lowest BCUT2D eigenvalue weighted by Gasteiger charge is -2.24. The van der Waals surface area contributed by atoms with Crippen LogP contribution in [0.2, 0.25) is 5.02 Å². The maximum atomic E-state index is 12.7. The summed E-state index contributed by atoms with van der Waals surface area (Å²) in [6.07, 6.45) is 0. The molecule has 0 radical (unpaired) electrons. The zero-order valence-electron chi connectivity index (χ0n) is 13.0. The van der Waals surface area contributed by atoms with Gasteiger partial charge in [-0.1, -0.05) is 11.6 Å². The summed E-state index contributed by atoms with van der Waals surface area (Å²) >= 11 is 5.98. The first-order valence-corrected chi connectivity index (χ1v) is 7.29. The van der Waals surface area contributed by atoms with Gasteiger partial charge in [-0.05, 0) is 39.0 Å². The molecule has 0 atom stereocenters. The van der Waals surface area contributed by atoms with Crippen LogP contribution in [0.3, 0.4) is 0 Å². The van der Waals surface area contributed by atoms with Gasteiger partial charge >= 0.3 is 5.97 Å². The number of hydrogen-bond donors (Lipinski definition) is 0. The second-order valence-electron chi connectivity index (χ2n) is 5.30. The fraction of sp³-hybridized carbons (Fsp3) is 0.375. The molecule has 0 N–H and O–H groups in total. The molecular formula is C16H18ClNO4. The van der Waals surface area contributed by atoms with E-state index in [-0.39, 0.29) is 24.3 Å². The second kappa shape index (κ2) is 6.40. The predicted octanol–water partition coefficient (Wildman–Crippen LogP) is 3.42. The van der Waals surface area contributed by atoms with Crippen LogP contribution in [0, 0.1) is 6.92 Å². The van der Waals surface area contributed by atoms with Crippen LogP contribution >= 0.6 is 11.6 Å². The average Bonchev–Trinajstić information content (AvgIpc) is 2.80. The Balaban J connectivity index is 2.42. The summed E-state index contributed by atoms with van der Waals surface area (Å²) in [7, 11) is 1.29. The minimum atomic E-state index is -0.473. The Morgan fingerprint density at radius 1 is 1.36 bits per heavy atom. The minimum Gasteiger partial charge on any atom is -0.468 e. The Hall–Kier alpha value is -2.01. The van der Waals surface area contributed by atoms with Crippen LogP contribution < -0.4 is 0 Å². The summed E-state index contributed by atoms with van der Waals surface area (Å²) in [5, 5.41) is 1.36. The van der Waals surface area contributed by atoms with E-state index in [4.69, 9.17) is 16.0 Å². The van der Waals surface area contributed by atoms with Gasteiger partial charge in [-0.25, -0.2) is 0 Å². The molecular weight excluding hydrogens is 306 g/mol. The Morgan fingerprint density at radius 2 is 2.05 bits per heavy atom. The number of aryl methyl sites for hydroxylation is 1.